The van der Waals surface area contributed by atoms with Crippen molar-refractivity contribution in [2.24, 2.45) is 0 Å². The van der Waals surface area contributed by atoms with E-state index in [1.807, 2.05) is 0 Å². The van der Waals surface area contributed by atoms with E-state index in [4.69, 9.17) is 14.2 Å². The highest BCUT2D eigenvalue weighted by molar-refractivity contribution is 5.11. The number of allylic oxidation sites excluding steroid dienone is 2. The van der Waals surface area contributed by atoms with E-state index in [9.17, 15) is 0 Å². The third-order valence-electron chi connectivity index (χ3n) is 1.22. The third kappa shape index (κ3) is 1.30. The lowest BCUT2D eigenvalue weighted by molar-refractivity contribution is -0.0853. The SMILES string of the molecule is COC1=CC=COC1OC. The van der Waals surface area contributed by atoms with Crippen molar-refractivity contribution in [1.82, 2.24) is 0 Å². The van der Waals surface area contributed by atoms with Crippen LogP contribution in [0.5, 0.6) is 0 Å². The highest BCUT2D eigenvalue weighted by Crippen LogP contribution is 2.12. The molecule has 0 aromatic rings. The largest absolute Gasteiger partial charge is 0.494 e. The minimum Gasteiger partial charge on any atom is -0.494 e. The van der Waals surface area contributed by atoms with Crippen LogP contribution in [0.25, 0.3) is 0 Å². The lowest BCUT2D eigenvalue weighted by atomic mass is 10.4. The van der Waals surface area contributed by atoms with Crippen molar-refractivity contribution in [1.29, 1.82) is 0 Å². The number of hydrogen-bond acceptors (Lipinski definition) is 3. The monoisotopic (exact) mass is 142 g/mol. The van der Waals surface area contributed by atoms with Gasteiger partial charge in [0.1, 0.15) is 0 Å². The summed E-state index contributed by atoms with van der Waals surface area (Å²) < 4.78 is 14.9. The van der Waals surface area contributed by atoms with Gasteiger partial charge in [0.15, 0.2) is 5.76 Å². The highest BCUT2D eigenvalue weighted by Gasteiger charge is 2.15. The molecule has 0 aromatic heterocycles. The molecule has 3 nitrogen and oxygen atoms in total. The topological polar surface area (TPSA) is 27.7 Å². The van der Waals surface area contributed by atoms with Crippen LogP contribution in [0.4, 0.5) is 0 Å². The van der Waals surface area contributed by atoms with Crippen molar-refractivity contribution in [2.45, 2.75) is 6.29 Å². The molecule has 0 N–H and O–H groups in total. The van der Waals surface area contributed by atoms with Gasteiger partial charge in [-0.1, -0.05) is 0 Å². The molecule has 0 bridgehead atoms. The average molecular weight is 142 g/mol. The van der Waals surface area contributed by atoms with Crippen LogP contribution < -0.4 is 0 Å². The van der Waals surface area contributed by atoms with E-state index in [-0.39, 0.29) is 6.29 Å². The molecule has 1 atom stereocenters. The fourth-order valence-electron chi connectivity index (χ4n) is 0.732. The molecule has 0 aromatic carbocycles. The second-order valence-corrected chi connectivity index (χ2v) is 1.81. The first kappa shape index (κ1) is 7.15. The molecule has 0 aliphatic carbocycles. The molecular weight excluding hydrogens is 132 g/mol. The normalized spacial score (nSPS) is 23.4. The van der Waals surface area contributed by atoms with Crippen molar-refractivity contribution in [3.63, 3.8) is 0 Å². The molecule has 1 aliphatic heterocycles. The molecule has 1 heterocycles. The second kappa shape index (κ2) is 3.27. The highest BCUT2D eigenvalue weighted by atomic mass is 16.7. The molecule has 0 spiro atoms. The first-order valence-corrected chi connectivity index (χ1v) is 2.97. The van der Waals surface area contributed by atoms with E-state index in [1.54, 1.807) is 32.6 Å². The summed E-state index contributed by atoms with van der Waals surface area (Å²) in [4.78, 5) is 0. The molecule has 1 aliphatic rings. The molecule has 56 valence electrons. The summed E-state index contributed by atoms with van der Waals surface area (Å²) in [5.74, 6) is 0.685. The van der Waals surface area contributed by atoms with Gasteiger partial charge in [-0.25, -0.2) is 0 Å². The first-order chi connectivity index (χ1) is 4.88. The Morgan fingerprint density at radius 2 is 2.30 bits per heavy atom. The van der Waals surface area contributed by atoms with E-state index in [2.05, 4.69) is 0 Å². The minimum atomic E-state index is -0.380. The van der Waals surface area contributed by atoms with Gasteiger partial charge in [-0.05, 0) is 12.2 Å². The molecule has 3 heteroatoms. The van der Waals surface area contributed by atoms with Crippen LogP contribution in [0.15, 0.2) is 24.2 Å². The van der Waals surface area contributed by atoms with E-state index in [0.717, 1.165) is 0 Å². The van der Waals surface area contributed by atoms with Crippen LogP contribution in [0, 0.1) is 0 Å². The number of ether oxygens (including phenoxy) is 3. The average Bonchev–Trinajstić information content (AvgIpc) is 2.04. The van der Waals surface area contributed by atoms with Gasteiger partial charge in [0, 0.05) is 7.11 Å². The van der Waals surface area contributed by atoms with Gasteiger partial charge in [-0.2, -0.15) is 0 Å². The van der Waals surface area contributed by atoms with Gasteiger partial charge in [-0.15, -0.1) is 0 Å². The summed E-state index contributed by atoms with van der Waals surface area (Å²) >= 11 is 0. The number of hydrogen-bond donors (Lipinski definition) is 0. The molecule has 1 rings (SSSR count). The lowest BCUT2D eigenvalue weighted by Gasteiger charge is -2.18. The summed E-state index contributed by atoms with van der Waals surface area (Å²) in [5.41, 5.74) is 0. The van der Waals surface area contributed by atoms with Crippen LogP contribution in [0.1, 0.15) is 0 Å². The molecular formula is C7H10O3. The number of rotatable bonds is 2. The molecule has 0 amide bonds. The van der Waals surface area contributed by atoms with Gasteiger partial charge < -0.3 is 14.2 Å². The van der Waals surface area contributed by atoms with Crippen LogP contribution in [-0.4, -0.2) is 20.5 Å². The van der Waals surface area contributed by atoms with E-state index < -0.39 is 0 Å². The zero-order valence-corrected chi connectivity index (χ0v) is 6.03. The molecule has 0 radical (unpaired) electrons. The first-order valence-electron chi connectivity index (χ1n) is 2.97. The van der Waals surface area contributed by atoms with Crippen molar-refractivity contribution in [2.75, 3.05) is 14.2 Å². The van der Waals surface area contributed by atoms with E-state index >= 15 is 0 Å². The van der Waals surface area contributed by atoms with Gasteiger partial charge in [-0.3, -0.25) is 0 Å². The summed E-state index contributed by atoms with van der Waals surface area (Å²) in [7, 11) is 3.15. The Morgan fingerprint density at radius 1 is 1.50 bits per heavy atom. The fourth-order valence-corrected chi connectivity index (χ4v) is 0.732. The second-order valence-electron chi connectivity index (χ2n) is 1.81. The molecule has 0 saturated carbocycles. The van der Waals surface area contributed by atoms with Gasteiger partial charge in [0.25, 0.3) is 6.29 Å². The maximum atomic E-state index is 5.03. The Labute approximate surface area is 59.9 Å². The summed E-state index contributed by atoms with van der Waals surface area (Å²) in [6.45, 7) is 0. The minimum absolute atomic E-state index is 0.380. The molecule has 10 heavy (non-hydrogen) atoms. The van der Waals surface area contributed by atoms with Crippen LogP contribution in [-0.2, 0) is 14.2 Å². The Hall–Kier alpha value is -0.960. The van der Waals surface area contributed by atoms with E-state index in [1.165, 1.54) is 0 Å². The maximum absolute atomic E-state index is 5.03. The predicted octanol–water partition coefficient (Wildman–Crippen LogP) is 1.03. The standard InChI is InChI=1S/C7H10O3/c1-8-6-4-3-5-10-7(6)9-2/h3-5,7H,1-2H3. The maximum Gasteiger partial charge on any atom is 0.257 e. The Balaban J connectivity index is 2.61. The summed E-state index contributed by atoms with van der Waals surface area (Å²) in [5, 5.41) is 0. The fraction of sp³-hybridized carbons (Fsp3) is 0.429. The van der Waals surface area contributed by atoms with Crippen LogP contribution >= 0.6 is 0 Å². The quantitative estimate of drug-likeness (QED) is 0.576. The Kier molecular flexibility index (Phi) is 2.34. The van der Waals surface area contributed by atoms with Gasteiger partial charge in [0.05, 0.1) is 13.4 Å². The molecule has 0 saturated heterocycles. The summed E-state index contributed by atoms with van der Waals surface area (Å²) in [6, 6.07) is 0. The van der Waals surface area contributed by atoms with Crippen molar-refractivity contribution < 1.29 is 14.2 Å². The third-order valence-corrected chi connectivity index (χ3v) is 1.22. The molecule has 1 unspecified atom stereocenters. The number of methoxy groups -OCH3 is 2. The Bertz CT molecular complexity index is 160. The summed E-state index contributed by atoms with van der Waals surface area (Å²) in [6.07, 6.45) is 4.75. The van der Waals surface area contributed by atoms with Crippen molar-refractivity contribution in [3.05, 3.63) is 24.2 Å². The predicted molar refractivity (Wildman–Crippen MR) is 36.1 cm³/mol. The lowest BCUT2D eigenvalue weighted by Crippen LogP contribution is -2.18. The van der Waals surface area contributed by atoms with Crippen molar-refractivity contribution >= 4 is 0 Å². The van der Waals surface area contributed by atoms with Crippen LogP contribution in [0.3, 0.4) is 0 Å². The van der Waals surface area contributed by atoms with Crippen molar-refractivity contribution in [3.8, 4) is 0 Å². The smallest absolute Gasteiger partial charge is 0.257 e. The molecule has 0 fully saturated rings. The van der Waals surface area contributed by atoms with Gasteiger partial charge in [0.2, 0.25) is 0 Å². The van der Waals surface area contributed by atoms with E-state index in [0.29, 0.717) is 5.76 Å². The zero-order valence-electron chi connectivity index (χ0n) is 6.03. The van der Waals surface area contributed by atoms with Crippen LogP contribution in [0.2, 0.25) is 0 Å². The van der Waals surface area contributed by atoms with Gasteiger partial charge >= 0.3 is 0 Å². The zero-order chi connectivity index (χ0) is 7.40. The Morgan fingerprint density at radius 3 is 2.80 bits per heavy atom.